The van der Waals surface area contributed by atoms with E-state index in [0.717, 1.165) is 5.56 Å². The van der Waals surface area contributed by atoms with Gasteiger partial charge in [-0.25, -0.2) is 4.39 Å². The van der Waals surface area contributed by atoms with Gasteiger partial charge in [-0.05, 0) is 17.5 Å². The van der Waals surface area contributed by atoms with Crippen LogP contribution in [0.2, 0.25) is 0 Å². The molecular weight excluding hydrogens is 157 g/mol. The van der Waals surface area contributed by atoms with E-state index in [1.807, 2.05) is 0 Å². The number of rotatable bonds is 1. The first-order valence-electron chi connectivity index (χ1n) is 3.88. The molecule has 1 aromatic heterocycles. The Kier molecular flexibility index (Phi) is 1.64. The lowest BCUT2D eigenvalue weighted by Crippen LogP contribution is -2.21. The number of carbonyl (C=O) groups is 1. The van der Waals surface area contributed by atoms with Crippen LogP contribution in [0.1, 0.15) is 24.3 Å². The largest absolute Gasteiger partial charge is 0.300 e. The van der Waals surface area contributed by atoms with Gasteiger partial charge >= 0.3 is 0 Å². The van der Waals surface area contributed by atoms with Crippen LogP contribution in [0, 0.1) is 5.82 Å². The lowest BCUT2D eigenvalue weighted by molar-refractivity contribution is -0.124. The molecule has 0 aliphatic heterocycles. The van der Waals surface area contributed by atoms with Gasteiger partial charge in [0.25, 0.3) is 0 Å². The summed E-state index contributed by atoms with van der Waals surface area (Å²) < 4.78 is 12.6. The summed E-state index contributed by atoms with van der Waals surface area (Å²) in [5.41, 5.74) is 0.842. The number of aromatic nitrogens is 1. The molecule has 0 spiro atoms. The molecule has 62 valence electrons. The van der Waals surface area contributed by atoms with Crippen LogP contribution in [0.5, 0.6) is 0 Å². The highest BCUT2D eigenvalue weighted by atomic mass is 19.1. The first-order chi connectivity index (χ1) is 5.75. The van der Waals surface area contributed by atoms with Crippen LogP contribution in [0.4, 0.5) is 4.39 Å². The van der Waals surface area contributed by atoms with Crippen LogP contribution < -0.4 is 0 Å². The van der Waals surface area contributed by atoms with E-state index in [9.17, 15) is 9.18 Å². The standard InChI is InChI=1S/C9H8FNO/c10-8-1-7(4-11-5-8)6-2-9(12)3-6/h1,4-6H,2-3H2. The van der Waals surface area contributed by atoms with Gasteiger partial charge in [0, 0.05) is 19.0 Å². The zero-order valence-electron chi connectivity index (χ0n) is 6.46. The Morgan fingerprint density at radius 3 is 2.75 bits per heavy atom. The van der Waals surface area contributed by atoms with Crippen molar-refractivity contribution in [2.75, 3.05) is 0 Å². The summed E-state index contributed by atoms with van der Waals surface area (Å²) >= 11 is 0. The van der Waals surface area contributed by atoms with E-state index in [1.165, 1.54) is 12.3 Å². The molecule has 2 nitrogen and oxygen atoms in total. The van der Waals surface area contributed by atoms with Crippen molar-refractivity contribution in [3.63, 3.8) is 0 Å². The lowest BCUT2D eigenvalue weighted by atomic mass is 9.79. The minimum Gasteiger partial charge on any atom is -0.300 e. The van der Waals surface area contributed by atoms with E-state index in [-0.39, 0.29) is 17.5 Å². The fourth-order valence-electron chi connectivity index (χ4n) is 1.38. The van der Waals surface area contributed by atoms with Crippen molar-refractivity contribution in [2.45, 2.75) is 18.8 Å². The number of hydrogen-bond acceptors (Lipinski definition) is 2. The van der Waals surface area contributed by atoms with E-state index in [2.05, 4.69) is 4.98 Å². The number of pyridine rings is 1. The van der Waals surface area contributed by atoms with Crippen LogP contribution in [0.3, 0.4) is 0 Å². The summed E-state index contributed by atoms with van der Waals surface area (Å²) in [6, 6.07) is 1.45. The smallest absolute Gasteiger partial charge is 0.141 e. The Hall–Kier alpha value is -1.25. The van der Waals surface area contributed by atoms with E-state index in [4.69, 9.17) is 0 Å². The van der Waals surface area contributed by atoms with Crippen molar-refractivity contribution in [2.24, 2.45) is 0 Å². The number of carbonyl (C=O) groups excluding carboxylic acids is 1. The zero-order chi connectivity index (χ0) is 8.55. The summed E-state index contributed by atoms with van der Waals surface area (Å²) in [5.74, 6) is 0.136. The van der Waals surface area contributed by atoms with Crippen molar-refractivity contribution < 1.29 is 9.18 Å². The molecule has 0 atom stereocenters. The van der Waals surface area contributed by atoms with Crippen molar-refractivity contribution in [1.29, 1.82) is 0 Å². The molecule has 1 aliphatic rings. The second-order valence-electron chi connectivity index (χ2n) is 3.08. The summed E-state index contributed by atoms with van der Waals surface area (Å²) in [6.07, 6.45) is 3.89. The second-order valence-corrected chi connectivity index (χ2v) is 3.08. The SMILES string of the molecule is O=C1CC(c2cncc(F)c2)C1. The first-order valence-corrected chi connectivity index (χ1v) is 3.88. The maximum atomic E-state index is 12.6. The van der Waals surface area contributed by atoms with E-state index < -0.39 is 0 Å². The van der Waals surface area contributed by atoms with Crippen LogP contribution in [-0.2, 0) is 4.79 Å². The zero-order valence-corrected chi connectivity index (χ0v) is 6.46. The number of hydrogen-bond donors (Lipinski definition) is 0. The maximum Gasteiger partial charge on any atom is 0.141 e. The van der Waals surface area contributed by atoms with Gasteiger partial charge in [-0.15, -0.1) is 0 Å². The van der Waals surface area contributed by atoms with Crippen molar-refractivity contribution >= 4 is 5.78 Å². The van der Waals surface area contributed by atoms with Gasteiger partial charge in [0.2, 0.25) is 0 Å². The molecule has 0 bridgehead atoms. The van der Waals surface area contributed by atoms with Crippen molar-refractivity contribution in [3.8, 4) is 0 Å². The molecule has 0 N–H and O–H groups in total. The van der Waals surface area contributed by atoms with E-state index >= 15 is 0 Å². The second kappa shape index (κ2) is 2.66. The van der Waals surface area contributed by atoms with Gasteiger partial charge in [0.15, 0.2) is 0 Å². The molecule has 1 fully saturated rings. The van der Waals surface area contributed by atoms with Gasteiger partial charge in [-0.2, -0.15) is 0 Å². The Labute approximate surface area is 69.4 Å². The molecule has 0 aromatic carbocycles. The summed E-state index contributed by atoms with van der Waals surface area (Å²) in [6.45, 7) is 0. The summed E-state index contributed by atoms with van der Waals surface area (Å²) in [4.78, 5) is 14.4. The van der Waals surface area contributed by atoms with E-state index in [1.54, 1.807) is 6.20 Å². The molecule has 1 saturated carbocycles. The molecule has 0 radical (unpaired) electrons. The highest BCUT2D eigenvalue weighted by molar-refractivity contribution is 5.86. The molecule has 3 heteroatoms. The number of nitrogens with zero attached hydrogens (tertiary/aromatic N) is 1. The third-order valence-corrected chi connectivity index (χ3v) is 2.15. The van der Waals surface area contributed by atoms with Crippen LogP contribution in [-0.4, -0.2) is 10.8 Å². The Morgan fingerprint density at radius 1 is 1.42 bits per heavy atom. The Bertz CT molecular complexity index is 316. The van der Waals surface area contributed by atoms with Crippen molar-refractivity contribution in [3.05, 3.63) is 29.8 Å². The molecular formula is C9H8FNO. The first kappa shape index (κ1) is 7.40. The van der Waals surface area contributed by atoms with Gasteiger partial charge in [0.05, 0.1) is 6.20 Å². The molecule has 0 amide bonds. The fourth-order valence-corrected chi connectivity index (χ4v) is 1.38. The minimum absolute atomic E-state index is 0.209. The minimum atomic E-state index is -0.327. The van der Waals surface area contributed by atoms with Crippen LogP contribution >= 0.6 is 0 Å². The average Bonchev–Trinajstić information content (AvgIpc) is 1.99. The van der Waals surface area contributed by atoms with Crippen molar-refractivity contribution in [1.82, 2.24) is 4.98 Å². The predicted molar refractivity (Wildman–Crippen MR) is 41.2 cm³/mol. The van der Waals surface area contributed by atoms with E-state index in [0.29, 0.717) is 12.8 Å². The third-order valence-electron chi connectivity index (χ3n) is 2.15. The Morgan fingerprint density at radius 2 is 2.17 bits per heavy atom. The molecule has 2 rings (SSSR count). The highest BCUT2D eigenvalue weighted by Gasteiger charge is 2.28. The molecule has 1 aliphatic carbocycles. The monoisotopic (exact) mass is 165 g/mol. The Balaban J connectivity index is 2.18. The fraction of sp³-hybridized carbons (Fsp3) is 0.333. The average molecular weight is 165 g/mol. The summed E-state index contributed by atoms with van der Waals surface area (Å²) in [5, 5.41) is 0. The normalized spacial score (nSPS) is 17.6. The van der Waals surface area contributed by atoms with Gasteiger partial charge in [0.1, 0.15) is 11.6 Å². The van der Waals surface area contributed by atoms with Crippen LogP contribution in [0.15, 0.2) is 18.5 Å². The summed E-state index contributed by atoms with van der Waals surface area (Å²) in [7, 11) is 0. The number of ketones is 1. The maximum absolute atomic E-state index is 12.6. The number of Topliss-reactive ketones (excluding diaryl/α,β-unsaturated/α-hetero) is 1. The predicted octanol–water partition coefficient (Wildman–Crippen LogP) is 1.67. The third kappa shape index (κ3) is 1.22. The number of halogens is 1. The lowest BCUT2D eigenvalue weighted by Gasteiger charge is -2.23. The van der Waals surface area contributed by atoms with Gasteiger partial charge < -0.3 is 0 Å². The molecule has 12 heavy (non-hydrogen) atoms. The molecule has 1 heterocycles. The topological polar surface area (TPSA) is 30.0 Å². The van der Waals surface area contributed by atoms with Crippen LogP contribution in [0.25, 0.3) is 0 Å². The highest BCUT2D eigenvalue weighted by Crippen LogP contribution is 2.33. The molecule has 0 saturated heterocycles. The van der Waals surface area contributed by atoms with Gasteiger partial charge in [-0.1, -0.05) is 0 Å². The quantitative estimate of drug-likeness (QED) is 0.633. The van der Waals surface area contributed by atoms with Gasteiger partial charge in [-0.3, -0.25) is 9.78 Å². The molecule has 0 unspecified atom stereocenters. The molecule has 1 aromatic rings.